The Labute approximate surface area is 231 Å². The van der Waals surface area contributed by atoms with Crippen molar-refractivity contribution in [2.75, 3.05) is 59.5 Å². The third kappa shape index (κ3) is 8.25. The second-order valence-corrected chi connectivity index (χ2v) is 12.4. The van der Waals surface area contributed by atoms with Crippen molar-refractivity contribution in [3.63, 3.8) is 0 Å². The van der Waals surface area contributed by atoms with Crippen molar-refractivity contribution in [2.24, 2.45) is 16.2 Å². The van der Waals surface area contributed by atoms with Crippen molar-refractivity contribution < 1.29 is 28.4 Å². The number of benzene rings is 1. The smallest absolute Gasteiger partial charge is 0.0717 e. The summed E-state index contributed by atoms with van der Waals surface area (Å²) in [4.78, 5) is 0. The maximum atomic E-state index is 6.00. The predicted octanol–water partition coefficient (Wildman–Crippen LogP) is 6.34. The Morgan fingerprint density at radius 2 is 1.00 bits per heavy atom. The first kappa shape index (κ1) is 30.0. The van der Waals surface area contributed by atoms with Gasteiger partial charge in [0.15, 0.2) is 0 Å². The molecule has 0 amide bonds. The van der Waals surface area contributed by atoms with E-state index in [0.29, 0.717) is 24.7 Å². The van der Waals surface area contributed by atoms with Crippen LogP contribution in [0.1, 0.15) is 83.3 Å². The molecule has 3 heterocycles. The quantitative estimate of drug-likeness (QED) is 0.279. The van der Waals surface area contributed by atoms with Crippen LogP contribution in [0, 0.1) is 16.2 Å². The van der Waals surface area contributed by atoms with Crippen molar-refractivity contribution in [1.29, 1.82) is 0 Å². The maximum absolute atomic E-state index is 6.00. The zero-order chi connectivity index (χ0) is 26.7. The fourth-order valence-corrected chi connectivity index (χ4v) is 5.37. The maximum Gasteiger partial charge on any atom is 0.0717 e. The molecule has 0 bridgehead atoms. The Hall–Kier alpha value is -1.02. The van der Waals surface area contributed by atoms with Gasteiger partial charge in [-0.1, -0.05) is 64.3 Å². The number of hydrogen-bond donors (Lipinski definition) is 0. The molecule has 4 fully saturated rings. The number of ether oxygens (including phenoxy) is 6. The molecule has 0 N–H and O–H groups in total. The first-order valence-corrected chi connectivity index (χ1v) is 15.1. The molecule has 3 saturated heterocycles. The zero-order valence-electron chi connectivity index (χ0n) is 24.3. The van der Waals surface area contributed by atoms with Crippen LogP contribution in [0.2, 0.25) is 0 Å². The van der Waals surface area contributed by atoms with Crippen molar-refractivity contribution >= 4 is 0 Å². The molecule has 1 aliphatic carbocycles. The Balaban J connectivity index is 0.000000204. The second kappa shape index (κ2) is 14.6. The average Bonchev–Trinajstić information content (AvgIpc) is 2.89. The Morgan fingerprint density at radius 1 is 0.605 bits per heavy atom. The summed E-state index contributed by atoms with van der Waals surface area (Å²) in [5.41, 5.74) is 3.31. The molecule has 1 aromatic rings. The van der Waals surface area contributed by atoms with Gasteiger partial charge < -0.3 is 28.4 Å². The normalized spacial score (nSPS) is 23.3. The molecule has 6 heteroatoms. The molecule has 0 atom stereocenters. The van der Waals surface area contributed by atoms with Gasteiger partial charge in [0, 0.05) is 16.2 Å². The van der Waals surface area contributed by atoms with Gasteiger partial charge in [-0.15, -0.1) is 0 Å². The van der Waals surface area contributed by atoms with E-state index >= 15 is 0 Å². The Morgan fingerprint density at radius 3 is 1.34 bits per heavy atom. The van der Waals surface area contributed by atoms with Gasteiger partial charge in [0.25, 0.3) is 0 Å². The van der Waals surface area contributed by atoms with Crippen molar-refractivity contribution in [2.45, 2.75) is 91.5 Å². The van der Waals surface area contributed by atoms with Crippen LogP contribution in [-0.4, -0.2) is 65.6 Å². The van der Waals surface area contributed by atoms with Crippen LogP contribution in [0.25, 0.3) is 0 Å². The standard InChI is InChI=1S/C20H30O4.C12H22O2/c1-3-19(13-23-14-19)11-21-9-17-5-7-18(8-6-17)10-22-12-20(4-2)15-24-16-20;1-2-12(8-13-9-12)10-14-11-6-4-3-5-7-11/h5-8H,3-4,9-16H2,1-2H3;11H,2-10H2,1H3. The predicted molar refractivity (Wildman–Crippen MR) is 149 cm³/mol. The first-order chi connectivity index (χ1) is 18.5. The summed E-state index contributed by atoms with van der Waals surface area (Å²) in [5, 5.41) is 0. The molecule has 5 rings (SSSR count). The molecule has 6 nitrogen and oxygen atoms in total. The van der Waals surface area contributed by atoms with E-state index < -0.39 is 0 Å². The monoisotopic (exact) mass is 532 g/mol. The minimum atomic E-state index is 0.258. The minimum absolute atomic E-state index is 0.258. The highest BCUT2D eigenvalue weighted by Crippen LogP contribution is 2.34. The largest absolute Gasteiger partial charge is 0.380 e. The fourth-order valence-electron chi connectivity index (χ4n) is 5.37. The van der Waals surface area contributed by atoms with E-state index in [1.54, 1.807) is 0 Å². The highest BCUT2D eigenvalue weighted by atomic mass is 16.5. The van der Waals surface area contributed by atoms with Crippen LogP contribution in [0.4, 0.5) is 0 Å². The van der Waals surface area contributed by atoms with E-state index in [2.05, 4.69) is 45.0 Å². The van der Waals surface area contributed by atoms with Crippen molar-refractivity contribution in [3.05, 3.63) is 35.4 Å². The summed E-state index contributed by atoms with van der Waals surface area (Å²) >= 11 is 0. The van der Waals surface area contributed by atoms with Gasteiger partial charge in [-0.3, -0.25) is 0 Å². The zero-order valence-corrected chi connectivity index (χ0v) is 24.3. The van der Waals surface area contributed by atoms with Crippen LogP contribution in [0.3, 0.4) is 0 Å². The van der Waals surface area contributed by atoms with Crippen LogP contribution < -0.4 is 0 Å². The highest BCUT2D eigenvalue weighted by Gasteiger charge is 2.38. The lowest BCUT2D eigenvalue weighted by molar-refractivity contribution is -0.163. The van der Waals surface area contributed by atoms with Gasteiger partial charge >= 0.3 is 0 Å². The third-order valence-corrected chi connectivity index (χ3v) is 9.25. The van der Waals surface area contributed by atoms with E-state index in [9.17, 15) is 0 Å². The summed E-state index contributed by atoms with van der Waals surface area (Å²) in [6.45, 7) is 15.7. The van der Waals surface area contributed by atoms with E-state index in [1.165, 1.54) is 49.7 Å². The molecule has 0 spiro atoms. The summed E-state index contributed by atoms with van der Waals surface area (Å²) in [7, 11) is 0. The molecule has 216 valence electrons. The lowest BCUT2D eigenvalue weighted by atomic mass is 9.84. The molecular formula is C32H52O6. The fraction of sp³-hybridized carbons (Fsp3) is 0.812. The second-order valence-electron chi connectivity index (χ2n) is 12.4. The Kier molecular flexibility index (Phi) is 11.5. The third-order valence-electron chi connectivity index (χ3n) is 9.25. The topological polar surface area (TPSA) is 55.4 Å². The van der Waals surface area contributed by atoms with Crippen molar-refractivity contribution in [3.8, 4) is 0 Å². The lowest BCUT2D eigenvalue weighted by Gasteiger charge is -2.41. The van der Waals surface area contributed by atoms with Gasteiger partial charge in [0.05, 0.1) is 78.8 Å². The van der Waals surface area contributed by atoms with Crippen LogP contribution in [0.15, 0.2) is 24.3 Å². The summed E-state index contributed by atoms with van der Waals surface area (Å²) in [5.74, 6) is 0. The molecule has 3 aliphatic heterocycles. The van der Waals surface area contributed by atoms with Gasteiger partial charge in [-0.25, -0.2) is 0 Å². The molecule has 0 radical (unpaired) electrons. The lowest BCUT2D eigenvalue weighted by Crippen LogP contribution is -2.46. The number of rotatable bonds is 14. The van der Waals surface area contributed by atoms with Gasteiger partial charge in [-0.2, -0.15) is 0 Å². The van der Waals surface area contributed by atoms with Crippen LogP contribution >= 0.6 is 0 Å². The van der Waals surface area contributed by atoms with Crippen LogP contribution in [0.5, 0.6) is 0 Å². The minimum Gasteiger partial charge on any atom is -0.380 e. The summed E-state index contributed by atoms with van der Waals surface area (Å²) < 4.78 is 33.7. The van der Waals surface area contributed by atoms with Gasteiger partial charge in [0.2, 0.25) is 0 Å². The number of hydrogen-bond acceptors (Lipinski definition) is 6. The van der Waals surface area contributed by atoms with Gasteiger partial charge in [0.1, 0.15) is 0 Å². The molecular weight excluding hydrogens is 480 g/mol. The molecule has 4 aliphatic rings. The van der Waals surface area contributed by atoms with Gasteiger partial charge in [-0.05, 0) is 43.2 Å². The molecule has 0 aromatic heterocycles. The average molecular weight is 533 g/mol. The molecule has 1 saturated carbocycles. The highest BCUT2D eigenvalue weighted by molar-refractivity contribution is 5.21. The molecule has 0 unspecified atom stereocenters. The van der Waals surface area contributed by atoms with Crippen molar-refractivity contribution in [1.82, 2.24) is 0 Å². The van der Waals surface area contributed by atoms with E-state index in [0.717, 1.165) is 72.3 Å². The van der Waals surface area contributed by atoms with E-state index in [1.807, 2.05) is 0 Å². The Bertz CT molecular complexity index is 727. The summed E-state index contributed by atoms with van der Waals surface area (Å²) in [6.07, 6.45) is 10.7. The first-order valence-electron chi connectivity index (χ1n) is 15.1. The van der Waals surface area contributed by atoms with E-state index in [-0.39, 0.29) is 10.8 Å². The van der Waals surface area contributed by atoms with E-state index in [4.69, 9.17) is 28.4 Å². The molecule has 1 aromatic carbocycles. The summed E-state index contributed by atoms with van der Waals surface area (Å²) in [6, 6.07) is 8.54. The molecule has 38 heavy (non-hydrogen) atoms. The SMILES string of the molecule is CCC1(COC2CCCCC2)COC1.CCC1(COCc2ccc(COCC3(CC)COC3)cc2)COC1. The van der Waals surface area contributed by atoms with Crippen LogP contribution in [-0.2, 0) is 41.6 Å².